The highest BCUT2D eigenvalue weighted by atomic mass is 16.4. The van der Waals surface area contributed by atoms with E-state index in [1.54, 1.807) is 20.9 Å². The third-order valence-corrected chi connectivity index (χ3v) is 2.40. The summed E-state index contributed by atoms with van der Waals surface area (Å²) in [7, 11) is 1.60. The van der Waals surface area contributed by atoms with Crippen LogP contribution in [0.2, 0.25) is 0 Å². The van der Waals surface area contributed by atoms with Gasteiger partial charge in [-0.05, 0) is 25.0 Å². The summed E-state index contributed by atoms with van der Waals surface area (Å²) in [6.45, 7) is 3.48. The first-order chi connectivity index (χ1) is 6.37. The molecule has 0 fully saturated rings. The lowest BCUT2D eigenvalue weighted by Crippen LogP contribution is -2.18. The van der Waals surface area contributed by atoms with Gasteiger partial charge < -0.3 is 15.4 Å². The molecule has 0 spiro atoms. The average molecular weight is 195 g/mol. The first kappa shape index (κ1) is 10.3. The van der Waals surface area contributed by atoms with Crippen LogP contribution in [-0.4, -0.2) is 21.5 Å². The molecule has 0 aliphatic rings. The molecule has 76 valence electrons. The van der Waals surface area contributed by atoms with Crippen molar-refractivity contribution in [2.45, 2.75) is 13.8 Å². The number of rotatable bonds is 2. The lowest BCUT2D eigenvalue weighted by Gasteiger charge is -2.03. The zero-order valence-corrected chi connectivity index (χ0v) is 8.38. The van der Waals surface area contributed by atoms with Gasteiger partial charge in [-0.1, -0.05) is 0 Å². The number of aromatic nitrogens is 1. The molecule has 0 aliphatic heterocycles. The van der Waals surface area contributed by atoms with Crippen LogP contribution >= 0.6 is 0 Å². The van der Waals surface area contributed by atoms with Crippen molar-refractivity contribution < 1.29 is 9.90 Å². The Balaban J connectivity index is 3.57. The van der Waals surface area contributed by atoms with E-state index in [4.69, 9.17) is 16.2 Å². The van der Waals surface area contributed by atoms with Crippen LogP contribution < -0.4 is 5.73 Å². The Kier molecular flexibility index (Phi) is 2.33. The molecule has 5 nitrogen and oxygen atoms in total. The predicted molar refractivity (Wildman–Crippen MR) is 52.9 cm³/mol. The van der Waals surface area contributed by atoms with Gasteiger partial charge in [0.25, 0.3) is 0 Å². The highest BCUT2D eigenvalue weighted by Gasteiger charge is 2.20. The van der Waals surface area contributed by atoms with Crippen LogP contribution in [0.15, 0.2) is 0 Å². The Bertz CT molecular complexity index is 381. The van der Waals surface area contributed by atoms with Crippen LogP contribution in [0.25, 0.3) is 0 Å². The van der Waals surface area contributed by atoms with Gasteiger partial charge in [0.15, 0.2) is 0 Å². The molecule has 4 N–H and O–H groups in total. The zero-order chi connectivity index (χ0) is 11.0. The van der Waals surface area contributed by atoms with Gasteiger partial charge in [0.2, 0.25) is 0 Å². The molecule has 5 heteroatoms. The number of hydrogen-bond donors (Lipinski definition) is 3. The number of nitrogens with one attached hydrogen (secondary N) is 1. The van der Waals surface area contributed by atoms with E-state index in [0.717, 1.165) is 5.56 Å². The number of nitrogen functional groups attached to an aromatic ring is 1. The Morgan fingerprint density at radius 2 is 1.79 bits per heavy atom. The minimum atomic E-state index is -0.999. The molecule has 0 amide bonds. The summed E-state index contributed by atoms with van der Waals surface area (Å²) in [5.74, 6) is -1.11. The van der Waals surface area contributed by atoms with Gasteiger partial charge >= 0.3 is 5.97 Å². The number of aromatic carboxylic acids is 1. The van der Waals surface area contributed by atoms with Crippen molar-refractivity contribution in [3.8, 4) is 0 Å². The molecule has 0 bridgehead atoms. The normalized spacial score (nSPS) is 10.2. The minimum Gasteiger partial charge on any atom is -0.477 e. The van der Waals surface area contributed by atoms with Gasteiger partial charge in [0.05, 0.1) is 5.69 Å². The van der Waals surface area contributed by atoms with Crippen LogP contribution in [0, 0.1) is 19.3 Å². The van der Waals surface area contributed by atoms with Gasteiger partial charge in [-0.25, -0.2) is 4.79 Å². The third kappa shape index (κ3) is 1.26. The molecule has 0 radical (unpaired) electrons. The fourth-order valence-electron chi connectivity index (χ4n) is 1.66. The van der Waals surface area contributed by atoms with E-state index in [2.05, 4.69) is 0 Å². The molecule has 1 aromatic heterocycles. The summed E-state index contributed by atoms with van der Waals surface area (Å²) in [4.78, 5) is 10.9. The molecule has 0 saturated heterocycles. The SMILES string of the molecule is Cc1c(C)c(C(=O)O)n(C)c1C(=N)N. The van der Waals surface area contributed by atoms with Gasteiger partial charge in [-0.2, -0.15) is 0 Å². The summed E-state index contributed by atoms with van der Waals surface area (Å²) in [6, 6.07) is 0. The first-order valence-corrected chi connectivity index (χ1v) is 4.11. The summed E-state index contributed by atoms with van der Waals surface area (Å²) >= 11 is 0. The Labute approximate surface area is 81.7 Å². The van der Waals surface area contributed by atoms with Crippen molar-refractivity contribution in [2.75, 3.05) is 0 Å². The van der Waals surface area contributed by atoms with Crippen molar-refractivity contribution in [3.63, 3.8) is 0 Å². The first-order valence-electron chi connectivity index (χ1n) is 4.11. The molecule has 0 aliphatic carbocycles. The average Bonchev–Trinajstić information content (AvgIpc) is 2.23. The van der Waals surface area contributed by atoms with E-state index in [1.807, 2.05) is 0 Å². The van der Waals surface area contributed by atoms with Crippen LogP contribution in [0.1, 0.15) is 27.3 Å². The van der Waals surface area contributed by atoms with E-state index in [1.165, 1.54) is 4.57 Å². The molecule has 1 heterocycles. The Morgan fingerprint density at radius 3 is 2.00 bits per heavy atom. The summed E-state index contributed by atoms with van der Waals surface area (Å²) in [5, 5.41) is 16.3. The lowest BCUT2D eigenvalue weighted by molar-refractivity contribution is 0.0685. The van der Waals surface area contributed by atoms with E-state index >= 15 is 0 Å². The van der Waals surface area contributed by atoms with E-state index in [0.29, 0.717) is 11.3 Å². The van der Waals surface area contributed by atoms with Crippen molar-refractivity contribution in [2.24, 2.45) is 12.8 Å². The number of nitrogens with zero attached hydrogens (tertiary/aromatic N) is 1. The van der Waals surface area contributed by atoms with E-state index in [9.17, 15) is 4.79 Å². The van der Waals surface area contributed by atoms with Crippen molar-refractivity contribution in [1.82, 2.24) is 4.57 Å². The predicted octanol–water partition coefficient (Wildman–Crippen LogP) is 0.624. The second kappa shape index (κ2) is 3.17. The summed E-state index contributed by atoms with van der Waals surface area (Å²) in [5.41, 5.74) is 7.43. The molecule has 14 heavy (non-hydrogen) atoms. The largest absolute Gasteiger partial charge is 0.477 e. The number of carboxylic acids is 1. The molecule has 0 unspecified atom stereocenters. The maximum Gasteiger partial charge on any atom is 0.352 e. The maximum atomic E-state index is 10.9. The summed E-state index contributed by atoms with van der Waals surface area (Å²) in [6.07, 6.45) is 0. The molecule has 0 saturated carbocycles. The van der Waals surface area contributed by atoms with Crippen LogP contribution in [0.5, 0.6) is 0 Å². The number of amidine groups is 1. The van der Waals surface area contributed by atoms with Crippen LogP contribution in [0.4, 0.5) is 0 Å². The van der Waals surface area contributed by atoms with Gasteiger partial charge in [-0.3, -0.25) is 5.41 Å². The lowest BCUT2D eigenvalue weighted by atomic mass is 10.1. The number of hydrogen-bond acceptors (Lipinski definition) is 2. The smallest absolute Gasteiger partial charge is 0.352 e. The fourth-order valence-corrected chi connectivity index (χ4v) is 1.66. The second-order valence-electron chi connectivity index (χ2n) is 3.23. The monoisotopic (exact) mass is 195 g/mol. The third-order valence-electron chi connectivity index (χ3n) is 2.40. The molecule has 0 atom stereocenters. The minimum absolute atomic E-state index is 0.111. The Morgan fingerprint density at radius 1 is 1.36 bits per heavy atom. The number of carboxylic acid groups (broad SMARTS) is 1. The zero-order valence-electron chi connectivity index (χ0n) is 8.38. The van der Waals surface area contributed by atoms with Gasteiger partial charge in [-0.15, -0.1) is 0 Å². The van der Waals surface area contributed by atoms with E-state index < -0.39 is 5.97 Å². The molecule has 1 aromatic rings. The standard InChI is InChI=1S/C9H13N3O2/c1-4-5(2)7(9(13)14)12(3)6(4)8(10)11/h1-3H3,(H3,10,11)(H,13,14). The molecular formula is C9H13N3O2. The van der Waals surface area contributed by atoms with Gasteiger partial charge in [0, 0.05) is 7.05 Å². The highest BCUT2D eigenvalue weighted by molar-refractivity contribution is 5.98. The maximum absolute atomic E-state index is 10.9. The quantitative estimate of drug-likeness (QED) is 0.477. The van der Waals surface area contributed by atoms with Crippen molar-refractivity contribution in [1.29, 1.82) is 5.41 Å². The van der Waals surface area contributed by atoms with Crippen molar-refractivity contribution >= 4 is 11.8 Å². The molecular weight excluding hydrogens is 182 g/mol. The number of carbonyl (C=O) groups is 1. The van der Waals surface area contributed by atoms with Gasteiger partial charge in [0.1, 0.15) is 11.5 Å². The second-order valence-corrected chi connectivity index (χ2v) is 3.23. The Hall–Kier alpha value is -1.78. The summed E-state index contributed by atoms with van der Waals surface area (Å²) < 4.78 is 1.44. The highest BCUT2D eigenvalue weighted by Crippen LogP contribution is 2.20. The van der Waals surface area contributed by atoms with Crippen LogP contribution in [-0.2, 0) is 7.05 Å². The fraction of sp³-hybridized carbons (Fsp3) is 0.333. The van der Waals surface area contributed by atoms with Crippen molar-refractivity contribution in [3.05, 3.63) is 22.5 Å². The topological polar surface area (TPSA) is 92.1 Å². The molecule has 0 aromatic carbocycles. The van der Waals surface area contributed by atoms with E-state index in [-0.39, 0.29) is 11.5 Å². The molecule has 1 rings (SSSR count). The van der Waals surface area contributed by atoms with Crippen LogP contribution in [0.3, 0.4) is 0 Å². The number of nitrogens with two attached hydrogens (primary N) is 1.